The summed E-state index contributed by atoms with van der Waals surface area (Å²) < 4.78 is 1.82. The second-order valence-corrected chi connectivity index (χ2v) is 3.28. The first-order valence-electron chi connectivity index (χ1n) is 2.64. The van der Waals surface area contributed by atoms with Gasteiger partial charge in [-0.15, -0.1) is 0 Å². The van der Waals surface area contributed by atoms with Gasteiger partial charge in [0.1, 0.15) is 6.34 Å². The topological polar surface area (TPSA) is 18.8 Å². The van der Waals surface area contributed by atoms with E-state index in [2.05, 4.69) is 44.1 Å². The molecule has 0 spiro atoms. The van der Waals surface area contributed by atoms with Crippen LogP contribution in [0.15, 0.2) is 5.10 Å². The Labute approximate surface area is 71.2 Å². The van der Waals surface area contributed by atoms with Gasteiger partial charge in [0.15, 0.2) is 5.08 Å². The zero-order chi connectivity index (χ0) is 6.85. The van der Waals surface area contributed by atoms with Crippen LogP contribution < -0.4 is 0 Å². The maximum Gasteiger partial charge on any atom is 0.185 e. The molecule has 0 saturated carbocycles. The Morgan fingerprint density at radius 3 is 2.67 bits per heavy atom. The third-order valence-electron chi connectivity index (χ3n) is 1.08. The molecule has 1 unspecified atom stereocenters. The normalized spacial score (nSPS) is 25.9. The van der Waals surface area contributed by atoms with E-state index in [1.54, 1.807) is 6.34 Å². The minimum atomic E-state index is 0.169. The molecule has 0 radical (unpaired) electrons. The molecule has 9 heavy (non-hydrogen) atoms. The quantitative estimate of drug-likeness (QED) is 0.403. The van der Waals surface area contributed by atoms with Gasteiger partial charge >= 0.3 is 0 Å². The van der Waals surface area contributed by atoms with E-state index in [1.165, 1.54) is 0 Å². The summed E-state index contributed by atoms with van der Waals surface area (Å²) in [7, 11) is 0. The predicted molar refractivity (Wildman–Crippen MR) is 44.4 cm³/mol. The van der Waals surface area contributed by atoms with E-state index < -0.39 is 0 Å². The lowest BCUT2D eigenvalue weighted by atomic mass is 10.7. The van der Waals surface area contributed by atoms with Crippen LogP contribution in [0.2, 0.25) is 0 Å². The smallest absolute Gasteiger partial charge is 0.185 e. The summed E-state index contributed by atoms with van der Waals surface area (Å²) in [4.78, 5) is 0. The fraction of sp³-hybridized carbons (Fsp3) is 0.750. The third-order valence-corrected chi connectivity index (χ3v) is 3.12. The maximum atomic E-state index is 4.06. The van der Waals surface area contributed by atoms with Gasteiger partial charge in [0.05, 0.1) is 16.1 Å². The first-order valence-corrected chi connectivity index (χ1v) is 4.27. The molecule has 52 valence electrons. The standard InChI is InChI=1S/C4H7Br2N3/c1-2-9-4(5)8(6)3-7-9/h3-4H,2H2,1H3. The van der Waals surface area contributed by atoms with Crippen molar-refractivity contribution in [1.29, 1.82) is 0 Å². The van der Waals surface area contributed by atoms with Crippen molar-refractivity contribution in [2.24, 2.45) is 5.10 Å². The number of nitrogens with zero attached hydrogens (tertiary/aromatic N) is 3. The molecule has 0 aliphatic carbocycles. The SMILES string of the molecule is CCN1N=CN(Br)C1Br. The fourth-order valence-corrected chi connectivity index (χ4v) is 1.38. The van der Waals surface area contributed by atoms with Crippen LogP contribution in [0.3, 0.4) is 0 Å². The Hall–Kier alpha value is 0.230. The first kappa shape index (κ1) is 7.34. The van der Waals surface area contributed by atoms with Crippen LogP contribution in [-0.4, -0.2) is 26.9 Å². The average molecular weight is 257 g/mol. The van der Waals surface area contributed by atoms with Crippen molar-refractivity contribution in [3.8, 4) is 0 Å². The summed E-state index contributed by atoms with van der Waals surface area (Å²) in [5.74, 6) is 0. The van der Waals surface area contributed by atoms with Crippen LogP contribution in [0.25, 0.3) is 0 Å². The highest BCUT2D eigenvalue weighted by atomic mass is 79.9. The van der Waals surface area contributed by atoms with E-state index in [0.29, 0.717) is 0 Å². The molecular weight excluding hydrogens is 250 g/mol. The van der Waals surface area contributed by atoms with Crippen molar-refractivity contribution in [2.45, 2.75) is 12.0 Å². The fourth-order valence-electron chi connectivity index (χ4n) is 0.585. The second kappa shape index (κ2) is 2.88. The summed E-state index contributed by atoms with van der Waals surface area (Å²) in [5, 5.41) is 6.14. The molecule has 0 aromatic rings. The molecular formula is C4H7Br2N3. The Kier molecular flexibility index (Phi) is 2.35. The molecule has 1 atom stereocenters. The molecule has 1 aliphatic heterocycles. The Balaban J connectivity index is 2.51. The lowest BCUT2D eigenvalue weighted by Crippen LogP contribution is -2.28. The van der Waals surface area contributed by atoms with E-state index in [9.17, 15) is 0 Å². The molecule has 0 aromatic heterocycles. The van der Waals surface area contributed by atoms with Crippen LogP contribution in [0.4, 0.5) is 0 Å². The van der Waals surface area contributed by atoms with Crippen LogP contribution in [0.5, 0.6) is 0 Å². The number of halogens is 2. The molecule has 0 aromatic carbocycles. The summed E-state index contributed by atoms with van der Waals surface area (Å²) in [6.07, 6.45) is 1.73. The van der Waals surface area contributed by atoms with Gasteiger partial charge in [-0.25, -0.2) is 0 Å². The van der Waals surface area contributed by atoms with Gasteiger partial charge in [-0.05, 0) is 22.9 Å². The lowest BCUT2D eigenvalue weighted by Gasteiger charge is -2.18. The second-order valence-electron chi connectivity index (χ2n) is 1.64. The molecule has 5 heteroatoms. The van der Waals surface area contributed by atoms with Crippen molar-refractivity contribution in [2.75, 3.05) is 6.54 Å². The van der Waals surface area contributed by atoms with E-state index in [4.69, 9.17) is 0 Å². The van der Waals surface area contributed by atoms with Crippen molar-refractivity contribution in [1.82, 2.24) is 8.93 Å². The zero-order valence-corrected chi connectivity index (χ0v) is 8.13. The van der Waals surface area contributed by atoms with Gasteiger partial charge in [0.25, 0.3) is 0 Å². The van der Waals surface area contributed by atoms with Crippen LogP contribution in [0, 0.1) is 0 Å². The number of hydrogen-bond donors (Lipinski definition) is 0. The highest BCUT2D eigenvalue weighted by Crippen LogP contribution is 2.19. The molecule has 0 bridgehead atoms. The largest absolute Gasteiger partial charge is 0.264 e. The maximum absolute atomic E-state index is 4.06. The highest BCUT2D eigenvalue weighted by Gasteiger charge is 2.20. The number of hydrazone groups is 1. The van der Waals surface area contributed by atoms with Crippen LogP contribution in [0.1, 0.15) is 6.92 Å². The molecule has 0 N–H and O–H groups in total. The van der Waals surface area contributed by atoms with Crippen molar-refractivity contribution in [3.63, 3.8) is 0 Å². The first-order chi connectivity index (χ1) is 4.25. The van der Waals surface area contributed by atoms with Crippen molar-refractivity contribution >= 4 is 38.4 Å². The predicted octanol–water partition coefficient (Wildman–Crippen LogP) is 1.56. The molecule has 1 rings (SSSR count). The van der Waals surface area contributed by atoms with Crippen LogP contribution in [-0.2, 0) is 0 Å². The van der Waals surface area contributed by atoms with E-state index in [0.717, 1.165) is 6.54 Å². The minimum absolute atomic E-state index is 0.169. The van der Waals surface area contributed by atoms with E-state index in [1.807, 2.05) is 8.93 Å². The van der Waals surface area contributed by atoms with Gasteiger partial charge in [0.2, 0.25) is 0 Å². The molecule has 0 saturated heterocycles. The molecule has 0 fully saturated rings. The Morgan fingerprint density at radius 2 is 2.44 bits per heavy atom. The Bertz CT molecular complexity index is 127. The summed E-state index contributed by atoms with van der Waals surface area (Å²) in [6.45, 7) is 2.96. The zero-order valence-electron chi connectivity index (χ0n) is 4.96. The molecule has 0 amide bonds. The van der Waals surface area contributed by atoms with Crippen molar-refractivity contribution < 1.29 is 0 Å². The van der Waals surface area contributed by atoms with Gasteiger partial charge in [0, 0.05) is 6.54 Å². The van der Waals surface area contributed by atoms with E-state index in [-0.39, 0.29) is 5.08 Å². The number of alkyl halides is 1. The van der Waals surface area contributed by atoms with Crippen LogP contribution >= 0.6 is 32.1 Å². The molecule has 1 heterocycles. The highest BCUT2D eigenvalue weighted by molar-refractivity contribution is 9.11. The summed E-state index contributed by atoms with van der Waals surface area (Å²) in [6, 6.07) is 0. The van der Waals surface area contributed by atoms with E-state index >= 15 is 0 Å². The number of hydrogen-bond acceptors (Lipinski definition) is 3. The van der Waals surface area contributed by atoms with Gasteiger partial charge in [-0.3, -0.25) is 8.93 Å². The monoisotopic (exact) mass is 255 g/mol. The molecule has 3 nitrogen and oxygen atoms in total. The lowest BCUT2D eigenvalue weighted by molar-refractivity contribution is 0.275. The average Bonchev–Trinajstić information content (AvgIpc) is 2.15. The third kappa shape index (κ3) is 1.38. The van der Waals surface area contributed by atoms with Gasteiger partial charge in [-0.2, -0.15) is 5.10 Å². The number of rotatable bonds is 1. The van der Waals surface area contributed by atoms with Gasteiger partial charge in [-0.1, -0.05) is 0 Å². The minimum Gasteiger partial charge on any atom is -0.264 e. The summed E-state index contributed by atoms with van der Waals surface area (Å²) >= 11 is 6.69. The van der Waals surface area contributed by atoms with Crippen molar-refractivity contribution in [3.05, 3.63) is 0 Å². The molecule has 1 aliphatic rings. The summed E-state index contributed by atoms with van der Waals surface area (Å²) in [5.41, 5.74) is 0. The Morgan fingerprint density at radius 1 is 1.78 bits per heavy atom. The van der Waals surface area contributed by atoms with Gasteiger partial charge < -0.3 is 0 Å².